The number of aromatic amines is 2. The number of nitrogens with one attached hydrogen (secondary N) is 2. The highest BCUT2D eigenvalue weighted by atomic mass is 19.1. The Balaban J connectivity index is 1.15. The van der Waals surface area contributed by atoms with Gasteiger partial charge >= 0.3 is 5.69 Å². The number of ether oxygens (including phenoxy) is 1. The van der Waals surface area contributed by atoms with Crippen molar-refractivity contribution >= 4 is 16.9 Å². The fraction of sp³-hybridized carbons (Fsp3) is 0.433. The zero-order valence-electron chi connectivity index (χ0n) is 23.3. The molecule has 0 aliphatic carbocycles. The van der Waals surface area contributed by atoms with Crippen molar-refractivity contribution in [1.82, 2.24) is 29.7 Å². The highest BCUT2D eigenvalue weighted by Gasteiger charge is 2.44. The number of anilines is 1. The van der Waals surface area contributed by atoms with E-state index in [2.05, 4.69) is 60.6 Å². The molecular weight excluding hydrogens is 509 g/mol. The molecule has 1 unspecified atom stereocenters. The van der Waals surface area contributed by atoms with Crippen LogP contribution in [0.1, 0.15) is 37.8 Å². The standard InChI is InChI=1S/C30H36FN7O2/c1-20(2)36(3)16-22-13-23(31)5-7-26(22)40-27-14-32-19-33-28(27)38-11-9-30(18-38)8-10-37(17-30)15-21-4-6-24-25(12-21)35-29(39)34-24/h4-7,12-14,19-20H,8-11,15-18H2,1-3H3,(H2,34,35,39). The van der Waals surface area contributed by atoms with Gasteiger partial charge in [-0.2, -0.15) is 0 Å². The third kappa shape index (κ3) is 5.46. The second-order valence-corrected chi connectivity index (χ2v) is 11.7. The summed E-state index contributed by atoms with van der Waals surface area (Å²) >= 11 is 0. The van der Waals surface area contributed by atoms with Crippen molar-refractivity contribution in [2.75, 3.05) is 38.1 Å². The molecule has 2 N–H and O–H groups in total. The van der Waals surface area contributed by atoms with E-state index in [1.807, 2.05) is 13.1 Å². The van der Waals surface area contributed by atoms with Gasteiger partial charge in [0.25, 0.3) is 0 Å². The van der Waals surface area contributed by atoms with Crippen LogP contribution in [0.5, 0.6) is 11.5 Å². The van der Waals surface area contributed by atoms with Crippen LogP contribution in [0, 0.1) is 11.2 Å². The molecule has 10 heteroatoms. The zero-order valence-corrected chi connectivity index (χ0v) is 23.3. The smallest absolute Gasteiger partial charge is 0.323 e. The number of nitrogens with zero attached hydrogens (tertiary/aromatic N) is 5. The first-order chi connectivity index (χ1) is 19.3. The van der Waals surface area contributed by atoms with Crippen LogP contribution in [0.3, 0.4) is 0 Å². The monoisotopic (exact) mass is 545 g/mol. The van der Waals surface area contributed by atoms with Crippen LogP contribution in [0.4, 0.5) is 10.2 Å². The summed E-state index contributed by atoms with van der Waals surface area (Å²) in [6.07, 6.45) is 5.47. The van der Waals surface area contributed by atoms with Crippen molar-refractivity contribution in [2.45, 2.75) is 45.8 Å². The summed E-state index contributed by atoms with van der Waals surface area (Å²) < 4.78 is 20.5. The fourth-order valence-corrected chi connectivity index (χ4v) is 6.01. The molecule has 1 atom stereocenters. The number of hydrogen-bond acceptors (Lipinski definition) is 7. The molecule has 4 aromatic rings. The molecule has 0 bridgehead atoms. The molecule has 0 saturated carbocycles. The molecule has 210 valence electrons. The maximum Gasteiger partial charge on any atom is 0.323 e. The number of aromatic nitrogens is 4. The first-order valence-electron chi connectivity index (χ1n) is 13.9. The Morgan fingerprint density at radius 2 is 1.90 bits per heavy atom. The molecule has 40 heavy (non-hydrogen) atoms. The summed E-state index contributed by atoms with van der Waals surface area (Å²) in [6, 6.07) is 11.1. The van der Waals surface area contributed by atoms with Crippen molar-refractivity contribution < 1.29 is 9.13 Å². The van der Waals surface area contributed by atoms with Gasteiger partial charge in [0.15, 0.2) is 11.6 Å². The minimum atomic E-state index is -0.280. The van der Waals surface area contributed by atoms with Gasteiger partial charge in [-0.05, 0) is 76.2 Å². The van der Waals surface area contributed by atoms with E-state index < -0.39 is 0 Å². The van der Waals surface area contributed by atoms with Crippen molar-refractivity contribution in [2.24, 2.45) is 5.41 Å². The second-order valence-electron chi connectivity index (χ2n) is 11.7. The number of benzene rings is 2. The molecule has 0 radical (unpaired) electrons. The highest BCUT2D eigenvalue weighted by Crippen LogP contribution is 2.43. The van der Waals surface area contributed by atoms with Crippen LogP contribution in [0.2, 0.25) is 0 Å². The fourth-order valence-electron chi connectivity index (χ4n) is 6.01. The number of likely N-dealkylation sites (tertiary alicyclic amines) is 1. The molecule has 2 aliphatic rings. The normalized spacial score (nSPS) is 19.6. The average Bonchev–Trinajstić information content (AvgIpc) is 3.63. The van der Waals surface area contributed by atoms with Crippen LogP contribution in [-0.4, -0.2) is 69.0 Å². The third-order valence-electron chi connectivity index (χ3n) is 8.44. The SMILES string of the molecule is CC(C)N(C)Cc1cc(F)ccc1Oc1cncnc1N1CCC2(CCN(Cc3ccc4[nH]c(=O)[nH]c4c3)C2)C1. The molecule has 2 aliphatic heterocycles. The maximum atomic E-state index is 14.1. The van der Waals surface area contributed by atoms with E-state index in [0.717, 1.165) is 68.0 Å². The van der Waals surface area contributed by atoms with E-state index in [9.17, 15) is 9.18 Å². The maximum absolute atomic E-state index is 14.1. The lowest BCUT2D eigenvalue weighted by atomic mass is 9.86. The lowest BCUT2D eigenvalue weighted by Gasteiger charge is -2.26. The lowest BCUT2D eigenvalue weighted by molar-refractivity contribution is 0.262. The summed E-state index contributed by atoms with van der Waals surface area (Å²) in [5, 5.41) is 0. The Hall–Kier alpha value is -3.76. The molecule has 2 fully saturated rings. The van der Waals surface area contributed by atoms with Crippen molar-refractivity contribution in [3.63, 3.8) is 0 Å². The summed E-state index contributed by atoms with van der Waals surface area (Å²) in [7, 11) is 2.02. The van der Waals surface area contributed by atoms with Crippen LogP contribution in [0.15, 0.2) is 53.7 Å². The average molecular weight is 546 g/mol. The van der Waals surface area contributed by atoms with Crippen molar-refractivity contribution in [1.29, 1.82) is 0 Å². The molecular formula is C30H36FN7O2. The van der Waals surface area contributed by atoms with E-state index in [4.69, 9.17) is 4.74 Å². The van der Waals surface area contributed by atoms with Gasteiger partial charge in [0.05, 0.1) is 17.2 Å². The number of halogens is 1. The van der Waals surface area contributed by atoms with E-state index >= 15 is 0 Å². The summed E-state index contributed by atoms with van der Waals surface area (Å²) in [6.45, 7) is 9.48. The number of H-pyrrole nitrogens is 2. The zero-order chi connectivity index (χ0) is 27.9. The molecule has 2 aromatic heterocycles. The van der Waals surface area contributed by atoms with Gasteiger partial charge in [0.2, 0.25) is 0 Å². The molecule has 1 spiro atoms. The molecule has 4 heterocycles. The molecule has 0 amide bonds. The Kier molecular flexibility index (Phi) is 7.06. The minimum Gasteiger partial charge on any atom is -0.451 e. The van der Waals surface area contributed by atoms with Gasteiger partial charge in [-0.1, -0.05) is 6.07 Å². The van der Waals surface area contributed by atoms with E-state index in [1.165, 1.54) is 11.6 Å². The van der Waals surface area contributed by atoms with Gasteiger partial charge in [-0.15, -0.1) is 0 Å². The van der Waals surface area contributed by atoms with Gasteiger partial charge < -0.3 is 19.6 Å². The minimum absolute atomic E-state index is 0.176. The molecule has 2 aromatic carbocycles. The van der Waals surface area contributed by atoms with Gasteiger partial charge in [0, 0.05) is 49.7 Å². The summed E-state index contributed by atoms with van der Waals surface area (Å²) in [5.41, 5.74) is 3.68. The predicted molar refractivity (Wildman–Crippen MR) is 153 cm³/mol. The lowest BCUT2D eigenvalue weighted by Crippen LogP contribution is -2.31. The van der Waals surface area contributed by atoms with Crippen molar-refractivity contribution in [3.05, 3.63) is 76.4 Å². The largest absolute Gasteiger partial charge is 0.451 e. The van der Waals surface area contributed by atoms with Gasteiger partial charge in [-0.25, -0.2) is 19.2 Å². The number of fused-ring (bicyclic) bond motifs is 1. The van der Waals surface area contributed by atoms with Crippen LogP contribution >= 0.6 is 0 Å². The Labute approximate surface area is 233 Å². The second kappa shape index (κ2) is 10.7. The Morgan fingerprint density at radius 3 is 2.75 bits per heavy atom. The van der Waals surface area contributed by atoms with E-state index in [0.29, 0.717) is 24.1 Å². The molecule has 9 nitrogen and oxygen atoms in total. The van der Waals surface area contributed by atoms with Gasteiger partial charge in [0.1, 0.15) is 17.9 Å². The summed E-state index contributed by atoms with van der Waals surface area (Å²) in [5.74, 6) is 1.70. The predicted octanol–water partition coefficient (Wildman–Crippen LogP) is 4.52. The summed E-state index contributed by atoms with van der Waals surface area (Å²) in [4.78, 5) is 33.1. The number of rotatable bonds is 8. The van der Waals surface area contributed by atoms with E-state index in [1.54, 1.807) is 24.7 Å². The highest BCUT2D eigenvalue weighted by molar-refractivity contribution is 5.75. The van der Waals surface area contributed by atoms with Crippen LogP contribution < -0.4 is 15.3 Å². The molecule has 2 saturated heterocycles. The van der Waals surface area contributed by atoms with Crippen LogP contribution in [-0.2, 0) is 13.1 Å². The molecule has 6 rings (SSSR count). The quantitative estimate of drug-likeness (QED) is 0.336. The third-order valence-corrected chi connectivity index (χ3v) is 8.44. The van der Waals surface area contributed by atoms with Crippen molar-refractivity contribution in [3.8, 4) is 11.5 Å². The first-order valence-corrected chi connectivity index (χ1v) is 13.9. The number of imidazole rings is 1. The Bertz CT molecular complexity index is 1570. The number of hydrogen-bond donors (Lipinski definition) is 2. The van der Waals surface area contributed by atoms with Gasteiger partial charge in [-0.3, -0.25) is 9.80 Å². The van der Waals surface area contributed by atoms with Crippen LogP contribution in [0.25, 0.3) is 11.0 Å². The van der Waals surface area contributed by atoms with E-state index in [-0.39, 0.29) is 16.9 Å². The topological polar surface area (TPSA) is 93.4 Å². The first kappa shape index (κ1) is 26.5. The Morgan fingerprint density at radius 1 is 1.07 bits per heavy atom.